The maximum atomic E-state index is 12.8. The number of benzene rings is 4. The second-order valence-electron chi connectivity index (χ2n) is 9.20. The fraction of sp³-hybridized carbons (Fsp3) is 0.265. The molecule has 214 valence electrons. The third-order valence-electron chi connectivity index (χ3n) is 5.93. The Morgan fingerprint density at radius 2 is 1.02 bits per heavy atom. The van der Waals surface area contributed by atoms with Crippen molar-refractivity contribution in [1.29, 1.82) is 0 Å². The Kier molecular flexibility index (Phi) is 17.4. The van der Waals surface area contributed by atoms with Crippen LogP contribution < -0.4 is 0 Å². The van der Waals surface area contributed by atoms with Gasteiger partial charge in [0.15, 0.2) is 0 Å². The van der Waals surface area contributed by atoms with Crippen LogP contribution in [0.2, 0.25) is 0 Å². The Morgan fingerprint density at radius 3 is 1.45 bits per heavy atom. The summed E-state index contributed by atoms with van der Waals surface area (Å²) in [5.41, 5.74) is 13.8. The van der Waals surface area contributed by atoms with Gasteiger partial charge in [-0.15, -0.1) is 12.1 Å². The van der Waals surface area contributed by atoms with E-state index in [0.717, 1.165) is 11.1 Å². The van der Waals surface area contributed by atoms with Gasteiger partial charge < -0.3 is 17.9 Å². The fourth-order valence-corrected chi connectivity index (χ4v) is 4.82. The zero-order chi connectivity index (χ0) is 28.1. The van der Waals surface area contributed by atoms with E-state index in [9.17, 15) is 8.42 Å². The van der Waals surface area contributed by atoms with Crippen LogP contribution in [0.25, 0.3) is 10.5 Å². The van der Waals surface area contributed by atoms with Gasteiger partial charge in [-0.2, -0.15) is 0 Å². The van der Waals surface area contributed by atoms with E-state index in [1.54, 1.807) is 24.3 Å². The van der Waals surface area contributed by atoms with E-state index in [1.165, 1.54) is 11.1 Å². The summed E-state index contributed by atoms with van der Waals surface area (Å²) in [5.74, 6) is 0.653. The molecule has 1 N–H and O–H groups in total. The average Bonchev–Trinajstić information content (AvgIpc) is 2.94. The fourth-order valence-electron chi connectivity index (χ4n) is 3.68. The van der Waals surface area contributed by atoms with Gasteiger partial charge in [0.1, 0.15) is 10.0 Å². The summed E-state index contributed by atoms with van der Waals surface area (Å²) in [5, 5.41) is 0. The van der Waals surface area contributed by atoms with Crippen LogP contribution in [-0.4, -0.2) is 8.42 Å². The van der Waals surface area contributed by atoms with Gasteiger partial charge >= 0.3 is 19.5 Å². The Hall–Kier alpha value is -2.63. The van der Waals surface area contributed by atoms with Crippen molar-refractivity contribution >= 4 is 10.0 Å². The molecule has 0 heterocycles. The monoisotopic (exact) mass is 645 g/mol. The summed E-state index contributed by atoms with van der Waals surface area (Å²) >= 11 is 0. The van der Waals surface area contributed by atoms with Gasteiger partial charge in [0.2, 0.25) is 0 Å². The van der Waals surface area contributed by atoms with Crippen molar-refractivity contribution in [3.63, 3.8) is 0 Å². The standard InChI is InChI=1S/C21H20N2O2S.C10H14.C2H6.CH3.Ru/c1-16-12-14-19(15-13-16)26(24,25)23-21(18-10-6-3-7-11-18)20(22)17-8-4-2-5-9-17;1-8(2)10-6-4-9(3)5-7-10;1-2;;/h2-15,20-22H,1H3;4-8H,1-3H3;1-2H3;1H3;/q-2;;;-1;+4. The molecule has 0 fully saturated rings. The molecule has 0 aliphatic heterocycles. The molecule has 4 aromatic carbocycles. The SMILES string of the molecule is CC.Cc1ccc(C(C)C)cc1.Cc1ccc(S(=O)(=O)[N-]C(c2ccccc2)C([NH-])c2ccccc2)cc1.[CH3-].[Ru+4]. The van der Waals surface area contributed by atoms with E-state index in [2.05, 4.69) is 49.8 Å². The molecule has 0 radical (unpaired) electrons. The van der Waals surface area contributed by atoms with Crippen molar-refractivity contribution in [3.05, 3.63) is 155 Å². The second kappa shape index (κ2) is 18.7. The van der Waals surface area contributed by atoms with Crippen LogP contribution in [0.5, 0.6) is 0 Å². The predicted octanol–water partition coefficient (Wildman–Crippen LogP) is 10.2. The Balaban J connectivity index is 0.000000920. The minimum absolute atomic E-state index is 0. The van der Waals surface area contributed by atoms with Crippen LogP contribution in [0.3, 0.4) is 0 Å². The van der Waals surface area contributed by atoms with Crippen molar-refractivity contribution in [2.45, 2.75) is 64.4 Å². The maximum absolute atomic E-state index is 12.8. The van der Waals surface area contributed by atoms with Gasteiger partial charge in [-0.3, -0.25) is 0 Å². The smallest absolute Gasteiger partial charge is 0.672 e. The summed E-state index contributed by atoms with van der Waals surface area (Å²) in [7, 11) is -3.87. The zero-order valence-electron chi connectivity index (χ0n) is 24.6. The zero-order valence-corrected chi connectivity index (χ0v) is 27.2. The summed E-state index contributed by atoms with van der Waals surface area (Å²) in [6.07, 6.45) is 0. The second-order valence-corrected chi connectivity index (χ2v) is 10.8. The summed E-state index contributed by atoms with van der Waals surface area (Å²) < 4.78 is 29.8. The molecular weight excluding hydrogens is 602 g/mol. The molecule has 6 heteroatoms. The molecule has 0 aromatic heterocycles. The first-order chi connectivity index (χ1) is 18.2. The molecule has 0 saturated carbocycles. The van der Waals surface area contributed by atoms with Gasteiger partial charge in [0, 0.05) is 4.90 Å². The number of rotatable bonds is 7. The first-order valence-electron chi connectivity index (χ1n) is 13.1. The maximum Gasteiger partial charge on any atom is 4.00 e. The summed E-state index contributed by atoms with van der Waals surface area (Å²) in [6.45, 7) is 12.4. The van der Waals surface area contributed by atoms with E-state index in [0.29, 0.717) is 11.5 Å². The van der Waals surface area contributed by atoms with Gasteiger partial charge in [0.05, 0.1) is 0 Å². The molecular formula is C34H43N2O2RuS+. The molecule has 40 heavy (non-hydrogen) atoms. The van der Waals surface area contributed by atoms with Crippen molar-refractivity contribution in [3.8, 4) is 0 Å². The third kappa shape index (κ3) is 11.5. The number of nitrogens with zero attached hydrogens (tertiary/aromatic N) is 1. The average molecular weight is 645 g/mol. The summed E-state index contributed by atoms with van der Waals surface area (Å²) in [6, 6.07) is 32.0. The van der Waals surface area contributed by atoms with E-state index in [4.69, 9.17) is 5.73 Å². The quantitative estimate of drug-likeness (QED) is 0.148. The number of sulfonamides is 1. The minimum Gasteiger partial charge on any atom is -0.672 e. The number of hydrogen-bond acceptors (Lipinski definition) is 2. The first-order valence-corrected chi connectivity index (χ1v) is 14.5. The van der Waals surface area contributed by atoms with Crippen LogP contribution in [0, 0.1) is 21.3 Å². The first kappa shape index (κ1) is 37.4. The Bertz CT molecular complexity index is 1310. The molecule has 0 amide bonds. The molecule has 4 nitrogen and oxygen atoms in total. The van der Waals surface area contributed by atoms with Crippen LogP contribution in [0.15, 0.2) is 114 Å². The summed E-state index contributed by atoms with van der Waals surface area (Å²) in [4.78, 5) is 0.143. The van der Waals surface area contributed by atoms with E-state index < -0.39 is 22.1 Å². The molecule has 2 unspecified atom stereocenters. The topological polar surface area (TPSA) is 72.0 Å². The number of aryl methyl sites for hydroxylation is 2. The van der Waals surface area contributed by atoms with E-state index >= 15 is 0 Å². The van der Waals surface area contributed by atoms with Crippen LogP contribution in [0.4, 0.5) is 0 Å². The van der Waals surface area contributed by atoms with Crippen LogP contribution in [-0.2, 0) is 29.5 Å². The predicted molar refractivity (Wildman–Crippen MR) is 167 cm³/mol. The van der Waals surface area contributed by atoms with E-state index in [1.807, 2.05) is 81.4 Å². The molecule has 2 atom stereocenters. The Labute approximate surface area is 256 Å². The third-order valence-corrected chi connectivity index (χ3v) is 7.30. The van der Waals surface area contributed by atoms with Crippen LogP contribution >= 0.6 is 0 Å². The van der Waals surface area contributed by atoms with Crippen molar-refractivity contribution < 1.29 is 27.9 Å². The molecule has 0 aliphatic carbocycles. The molecule has 0 aliphatic rings. The number of nitrogens with one attached hydrogen (secondary N) is 1. The van der Waals surface area contributed by atoms with Gasteiger partial charge in [-0.05, 0) is 37.5 Å². The van der Waals surface area contributed by atoms with E-state index in [-0.39, 0.29) is 31.8 Å². The van der Waals surface area contributed by atoms with Crippen molar-refractivity contribution in [2.75, 3.05) is 0 Å². The van der Waals surface area contributed by atoms with Gasteiger partial charge in [0.25, 0.3) is 0 Å². The molecule has 4 aromatic rings. The van der Waals surface area contributed by atoms with Gasteiger partial charge in [-0.25, -0.2) is 8.42 Å². The van der Waals surface area contributed by atoms with Crippen LogP contribution in [0.1, 0.15) is 73.5 Å². The Morgan fingerprint density at radius 1 is 0.625 bits per heavy atom. The molecule has 0 bridgehead atoms. The molecule has 0 saturated heterocycles. The van der Waals surface area contributed by atoms with Crippen molar-refractivity contribution in [1.82, 2.24) is 0 Å². The molecule has 0 spiro atoms. The normalized spacial score (nSPS) is 11.8. The largest absolute Gasteiger partial charge is 4.00 e. The minimum atomic E-state index is -3.87. The van der Waals surface area contributed by atoms with Crippen molar-refractivity contribution in [2.24, 2.45) is 0 Å². The number of hydrogen-bond donors (Lipinski definition) is 0. The molecule has 4 rings (SSSR count). The van der Waals surface area contributed by atoms with Gasteiger partial charge in [-0.1, -0.05) is 147 Å².